The van der Waals surface area contributed by atoms with E-state index in [1.807, 2.05) is 27.2 Å². The molecule has 9 heteroatoms. The highest BCUT2D eigenvalue weighted by Gasteiger charge is 2.23. The van der Waals surface area contributed by atoms with Gasteiger partial charge in [0.25, 0.3) is 7.82 Å². The molecule has 0 aliphatic heterocycles. The van der Waals surface area contributed by atoms with Crippen molar-refractivity contribution >= 4 is 13.7 Å². The number of carbonyl (C=O) groups excluding carboxylic acids is 1. The lowest BCUT2D eigenvalue weighted by molar-refractivity contribution is -0.870. The zero-order valence-corrected chi connectivity index (χ0v) is 37.3. The predicted octanol–water partition coefficient (Wildman–Crippen LogP) is 11.8. The van der Waals surface area contributed by atoms with Crippen LogP contribution in [0.25, 0.3) is 0 Å². The van der Waals surface area contributed by atoms with Crippen molar-refractivity contribution in [3.05, 3.63) is 48.6 Å². The van der Waals surface area contributed by atoms with Crippen LogP contribution in [0.5, 0.6) is 0 Å². The van der Waals surface area contributed by atoms with Gasteiger partial charge in [-0.1, -0.05) is 165 Å². The molecular formula is C46H87N2O6P. The normalized spacial score (nSPS) is 14.8. The Morgan fingerprint density at radius 2 is 1.07 bits per heavy atom. The maximum Gasteiger partial charge on any atom is 0.268 e. The van der Waals surface area contributed by atoms with Gasteiger partial charge in [0.15, 0.2) is 0 Å². The van der Waals surface area contributed by atoms with Crippen LogP contribution in [0.3, 0.4) is 0 Å². The smallest absolute Gasteiger partial charge is 0.268 e. The molecule has 0 saturated heterocycles. The second-order valence-corrected chi connectivity index (χ2v) is 17.8. The third kappa shape index (κ3) is 40.5. The van der Waals surface area contributed by atoms with Gasteiger partial charge in [0, 0.05) is 6.42 Å². The van der Waals surface area contributed by atoms with E-state index in [4.69, 9.17) is 9.05 Å². The fraction of sp³-hybridized carbons (Fsp3) is 0.804. The van der Waals surface area contributed by atoms with Crippen LogP contribution in [-0.2, 0) is 18.4 Å². The molecule has 0 rings (SSSR count). The third-order valence-corrected chi connectivity index (χ3v) is 10.7. The Hall–Kier alpha value is -1.54. The number of hydrogen-bond acceptors (Lipinski definition) is 6. The van der Waals surface area contributed by atoms with Gasteiger partial charge in [-0.2, -0.15) is 0 Å². The molecule has 0 aromatic rings. The number of quaternary nitrogens is 1. The molecule has 0 aromatic carbocycles. The molecular weight excluding hydrogens is 707 g/mol. The Kier molecular flexibility index (Phi) is 36.9. The molecule has 0 fully saturated rings. The first-order valence-corrected chi connectivity index (χ1v) is 24.0. The van der Waals surface area contributed by atoms with Crippen LogP contribution in [0.1, 0.15) is 187 Å². The lowest BCUT2D eigenvalue weighted by Gasteiger charge is -2.29. The quantitative estimate of drug-likeness (QED) is 0.0277. The van der Waals surface area contributed by atoms with Crippen LogP contribution in [0.2, 0.25) is 0 Å². The fourth-order valence-electron chi connectivity index (χ4n) is 6.14. The van der Waals surface area contributed by atoms with Crippen LogP contribution in [-0.4, -0.2) is 68.5 Å². The van der Waals surface area contributed by atoms with Gasteiger partial charge in [0.05, 0.1) is 39.9 Å². The summed E-state index contributed by atoms with van der Waals surface area (Å²) in [5, 5.41) is 13.8. The monoisotopic (exact) mass is 795 g/mol. The average molecular weight is 795 g/mol. The number of amides is 1. The van der Waals surface area contributed by atoms with Crippen LogP contribution in [0.15, 0.2) is 48.6 Å². The summed E-state index contributed by atoms with van der Waals surface area (Å²) in [6.45, 7) is 4.58. The molecule has 0 bridgehead atoms. The van der Waals surface area contributed by atoms with E-state index in [9.17, 15) is 19.4 Å². The number of rotatable bonds is 40. The molecule has 3 unspecified atom stereocenters. The first-order valence-electron chi connectivity index (χ1n) is 22.5. The highest BCUT2D eigenvalue weighted by molar-refractivity contribution is 7.45. The molecule has 0 heterocycles. The van der Waals surface area contributed by atoms with Crippen LogP contribution < -0.4 is 10.2 Å². The van der Waals surface area contributed by atoms with E-state index in [0.717, 1.165) is 57.8 Å². The summed E-state index contributed by atoms with van der Waals surface area (Å²) in [5.74, 6) is -0.217. The van der Waals surface area contributed by atoms with Gasteiger partial charge in [0.2, 0.25) is 5.91 Å². The van der Waals surface area contributed by atoms with E-state index in [2.05, 4.69) is 55.6 Å². The standard InChI is InChI=1S/C46H87N2O6P/c1-6-8-10-12-14-16-18-20-22-24-26-28-30-32-34-36-38-40-46(50)47-44(43-54-55(51,52)53-42-41-48(3,4)5)45(49)39-37-35-33-31-29-27-25-23-21-19-17-15-13-11-9-7-2/h14,16,20,22,29,31,37,39,44-45,49H,6-13,15,17-19,21,23-28,30,32-36,38,40-43H2,1-5H3,(H-,47,50,51,52)/b16-14-,22-20-,31-29+,39-37+. The number of likely N-dealkylation sites (N-methyl/N-ethyl adjacent to an activating group) is 1. The SMILES string of the molecule is CCCCC/C=C\C/C=C\CCCCCCCCCC(=O)NC(COP(=O)([O-])OCC[N+](C)(C)C)C(O)/C=C/CC/C=C/CCCCCCCCCCCC. The van der Waals surface area contributed by atoms with Crippen LogP contribution >= 0.6 is 7.82 Å². The minimum absolute atomic E-state index is 0.00928. The number of aliphatic hydroxyl groups excluding tert-OH is 1. The van der Waals surface area contributed by atoms with E-state index in [1.54, 1.807) is 6.08 Å². The predicted molar refractivity (Wildman–Crippen MR) is 233 cm³/mol. The zero-order chi connectivity index (χ0) is 40.7. The minimum atomic E-state index is -4.60. The summed E-state index contributed by atoms with van der Waals surface area (Å²) in [4.78, 5) is 25.3. The van der Waals surface area contributed by atoms with Gasteiger partial charge in [-0.15, -0.1) is 0 Å². The number of nitrogens with zero attached hydrogens (tertiary/aromatic N) is 1. The molecule has 1 amide bonds. The molecule has 0 aliphatic rings. The summed E-state index contributed by atoms with van der Waals surface area (Å²) < 4.78 is 23.2. The van der Waals surface area contributed by atoms with E-state index in [-0.39, 0.29) is 12.5 Å². The minimum Gasteiger partial charge on any atom is -0.756 e. The van der Waals surface area contributed by atoms with Gasteiger partial charge in [-0.25, -0.2) is 0 Å². The number of hydrogen-bond donors (Lipinski definition) is 2. The zero-order valence-electron chi connectivity index (χ0n) is 36.4. The third-order valence-electron chi connectivity index (χ3n) is 9.76. The van der Waals surface area contributed by atoms with E-state index < -0.39 is 26.6 Å². The molecule has 0 saturated carbocycles. The number of unbranched alkanes of at least 4 members (excludes halogenated alkanes) is 21. The van der Waals surface area contributed by atoms with Crippen LogP contribution in [0, 0.1) is 0 Å². The molecule has 322 valence electrons. The fourth-order valence-corrected chi connectivity index (χ4v) is 6.86. The Morgan fingerprint density at radius 3 is 1.62 bits per heavy atom. The number of carbonyl (C=O) groups is 1. The van der Waals surface area contributed by atoms with Crippen molar-refractivity contribution in [3.8, 4) is 0 Å². The molecule has 0 spiro atoms. The van der Waals surface area contributed by atoms with Crippen LogP contribution in [0.4, 0.5) is 0 Å². The van der Waals surface area contributed by atoms with Crippen molar-refractivity contribution < 1.29 is 32.9 Å². The van der Waals surface area contributed by atoms with Crippen molar-refractivity contribution in [2.75, 3.05) is 40.9 Å². The summed E-state index contributed by atoms with van der Waals surface area (Å²) in [7, 11) is 1.23. The van der Waals surface area contributed by atoms with Crippen molar-refractivity contribution in [2.24, 2.45) is 0 Å². The van der Waals surface area contributed by atoms with Crippen molar-refractivity contribution in [3.63, 3.8) is 0 Å². The molecule has 0 radical (unpaired) electrons. The molecule has 2 N–H and O–H groups in total. The lowest BCUT2D eigenvalue weighted by Crippen LogP contribution is -2.45. The Morgan fingerprint density at radius 1 is 0.636 bits per heavy atom. The van der Waals surface area contributed by atoms with Gasteiger partial charge in [-0.05, 0) is 64.2 Å². The molecule has 8 nitrogen and oxygen atoms in total. The number of allylic oxidation sites excluding steroid dienone is 7. The van der Waals surface area contributed by atoms with Crippen molar-refractivity contribution in [2.45, 2.75) is 199 Å². The second kappa shape index (κ2) is 38.0. The largest absolute Gasteiger partial charge is 0.756 e. The highest BCUT2D eigenvalue weighted by atomic mass is 31.2. The summed E-state index contributed by atoms with van der Waals surface area (Å²) >= 11 is 0. The maximum atomic E-state index is 12.8. The van der Waals surface area contributed by atoms with Crippen molar-refractivity contribution in [1.82, 2.24) is 5.32 Å². The number of phosphoric ester groups is 1. The Balaban J connectivity index is 4.49. The van der Waals surface area contributed by atoms with Crippen molar-refractivity contribution in [1.29, 1.82) is 0 Å². The van der Waals surface area contributed by atoms with Gasteiger partial charge < -0.3 is 28.8 Å². The second-order valence-electron chi connectivity index (χ2n) is 16.4. The molecule has 55 heavy (non-hydrogen) atoms. The topological polar surface area (TPSA) is 108 Å². The molecule has 0 aromatic heterocycles. The lowest BCUT2D eigenvalue weighted by atomic mass is 10.1. The van der Waals surface area contributed by atoms with E-state index in [1.165, 1.54) is 109 Å². The first-order chi connectivity index (χ1) is 26.5. The van der Waals surface area contributed by atoms with E-state index >= 15 is 0 Å². The highest BCUT2D eigenvalue weighted by Crippen LogP contribution is 2.38. The molecule has 3 atom stereocenters. The maximum absolute atomic E-state index is 12.8. The molecule has 0 aliphatic carbocycles. The summed E-state index contributed by atoms with van der Waals surface area (Å²) in [6.07, 6.45) is 47.2. The Labute approximate surface area is 339 Å². The average Bonchev–Trinajstić information content (AvgIpc) is 3.13. The van der Waals surface area contributed by atoms with Gasteiger partial charge in [0.1, 0.15) is 13.2 Å². The number of aliphatic hydroxyl groups is 1. The number of nitrogens with one attached hydrogen (secondary N) is 1. The summed E-state index contributed by atoms with van der Waals surface area (Å²) in [6, 6.07) is -0.907. The van der Waals surface area contributed by atoms with Gasteiger partial charge >= 0.3 is 0 Å². The Bertz CT molecular complexity index is 1040. The summed E-state index contributed by atoms with van der Waals surface area (Å²) in [5.41, 5.74) is 0. The van der Waals surface area contributed by atoms with E-state index in [0.29, 0.717) is 17.4 Å². The number of phosphoric acid groups is 1. The van der Waals surface area contributed by atoms with Gasteiger partial charge in [-0.3, -0.25) is 9.36 Å². The first kappa shape index (κ1) is 53.5.